The smallest absolute Gasteiger partial charge is 0.319 e. The van der Waals surface area contributed by atoms with Gasteiger partial charge in [0.1, 0.15) is 0 Å². The zero-order valence-corrected chi connectivity index (χ0v) is 12.1. The molecule has 0 bridgehead atoms. The Kier molecular flexibility index (Phi) is 4.84. The highest BCUT2D eigenvalue weighted by atomic mass is 16.3. The highest BCUT2D eigenvalue weighted by molar-refractivity contribution is 5.93. The van der Waals surface area contributed by atoms with E-state index in [2.05, 4.69) is 10.6 Å². The lowest BCUT2D eigenvalue weighted by Crippen LogP contribution is -2.41. The van der Waals surface area contributed by atoms with E-state index in [1.807, 2.05) is 43.3 Å². The second-order valence-corrected chi connectivity index (χ2v) is 5.52. The first-order valence-electron chi connectivity index (χ1n) is 7.08. The molecule has 1 aliphatic carbocycles. The second-order valence-electron chi connectivity index (χ2n) is 5.52. The van der Waals surface area contributed by atoms with Gasteiger partial charge in [0.15, 0.2) is 0 Å². The molecule has 20 heavy (non-hydrogen) atoms. The molecule has 2 amide bonds. The molecule has 110 valence electrons. The third-order valence-corrected chi connectivity index (χ3v) is 3.67. The van der Waals surface area contributed by atoms with Gasteiger partial charge in [-0.3, -0.25) is 0 Å². The number of amides is 2. The van der Waals surface area contributed by atoms with Gasteiger partial charge in [0.25, 0.3) is 0 Å². The molecule has 5 nitrogen and oxygen atoms in total. The summed E-state index contributed by atoms with van der Waals surface area (Å²) in [6, 6.07) is 7.68. The SMILES string of the molecule is CN(C)c1ccccc1NC(=O)NC1CCC(O)CC1. The van der Waals surface area contributed by atoms with Crippen LogP contribution in [0.1, 0.15) is 25.7 Å². The van der Waals surface area contributed by atoms with Gasteiger partial charge in [-0.05, 0) is 37.8 Å². The standard InChI is InChI=1S/C15H23N3O2/c1-18(2)14-6-4-3-5-13(14)17-15(20)16-11-7-9-12(19)10-8-11/h3-6,11-12,19H,7-10H2,1-2H3,(H2,16,17,20). The number of anilines is 2. The van der Waals surface area contributed by atoms with E-state index in [4.69, 9.17) is 0 Å². The number of carbonyl (C=O) groups excluding carboxylic acids is 1. The van der Waals surface area contributed by atoms with Crippen molar-refractivity contribution in [2.75, 3.05) is 24.3 Å². The average molecular weight is 277 g/mol. The number of para-hydroxylation sites is 2. The predicted octanol–water partition coefficient (Wildman–Crippen LogP) is 2.18. The van der Waals surface area contributed by atoms with Crippen LogP contribution in [0.3, 0.4) is 0 Å². The number of urea groups is 1. The van der Waals surface area contributed by atoms with Crippen LogP contribution >= 0.6 is 0 Å². The van der Waals surface area contributed by atoms with Crippen molar-refractivity contribution < 1.29 is 9.90 Å². The first-order valence-corrected chi connectivity index (χ1v) is 7.08. The summed E-state index contributed by atoms with van der Waals surface area (Å²) in [6.07, 6.45) is 3.00. The van der Waals surface area contributed by atoms with Gasteiger partial charge in [-0.2, -0.15) is 0 Å². The molecular weight excluding hydrogens is 254 g/mol. The Morgan fingerprint density at radius 3 is 2.50 bits per heavy atom. The predicted molar refractivity (Wildman–Crippen MR) is 81.2 cm³/mol. The van der Waals surface area contributed by atoms with E-state index < -0.39 is 0 Å². The van der Waals surface area contributed by atoms with Crippen molar-refractivity contribution in [3.8, 4) is 0 Å². The molecule has 1 fully saturated rings. The minimum absolute atomic E-state index is 0.157. The molecule has 0 atom stereocenters. The van der Waals surface area contributed by atoms with Gasteiger partial charge in [0.2, 0.25) is 0 Å². The van der Waals surface area contributed by atoms with Gasteiger partial charge < -0.3 is 20.6 Å². The van der Waals surface area contributed by atoms with E-state index in [-0.39, 0.29) is 18.2 Å². The summed E-state index contributed by atoms with van der Waals surface area (Å²) < 4.78 is 0. The molecule has 1 aromatic rings. The van der Waals surface area contributed by atoms with Crippen LogP contribution in [-0.4, -0.2) is 37.4 Å². The van der Waals surface area contributed by atoms with Crippen molar-refractivity contribution >= 4 is 17.4 Å². The number of benzene rings is 1. The number of hydrogen-bond acceptors (Lipinski definition) is 3. The van der Waals surface area contributed by atoms with Crippen molar-refractivity contribution in [3.63, 3.8) is 0 Å². The van der Waals surface area contributed by atoms with E-state index in [9.17, 15) is 9.90 Å². The number of carbonyl (C=O) groups is 1. The number of rotatable bonds is 3. The molecule has 3 N–H and O–H groups in total. The largest absolute Gasteiger partial charge is 0.393 e. The zero-order valence-electron chi connectivity index (χ0n) is 12.1. The Bertz CT molecular complexity index is 454. The molecule has 5 heteroatoms. The van der Waals surface area contributed by atoms with Crippen LogP contribution in [0.4, 0.5) is 16.2 Å². The van der Waals surface area contributed by atoms with E-state index in [1.165, 1.54) is 0 Å². The van der Waals surface area contributed by atoms with Crippen LogP contribution in [0, 0.1) is 0 Å². The molecule has 1 saturated carbocycles. The van der Waals surface area contributed by atoms with E-state index >= 15 is 0 Å². The molecule has 0 radical (unpaired) electrons. The normalized spacial score (nSPS) is 22.1. The number of aliphatic hydroxyl groups is 1. The van der Waals surface area contributed by atoms with Crippen molar-refractivity contribution in [3.05, 3.63) is 24.3 Å². The Labute approximate surface area is 120 Å². The Morgan fingerprint density at radius 1 is 1.20 bits per heavy atom. The van der Waals surface area contributed by atoms with Crippen molar-refractivity contribution in [2.45, 2.75) is 37.8 Å². The summed E-state index contributed by atoms with van der Waals surface area (Å²) in [5.41, 5.74) is 1.77. The van der Waals surface area contributed by atoms with Crippen LogP contribution in [0.15, 0.2) is 24.3 Å². The van der Waals surface area contributed by atoms with E-state index in [0.29, 0.717) is 0 Å². The van der Waals surface area contributed by atoms with Crippen LogP contribution < -0.4 is 15.5 Å². The van der Waals surface area contributed by atoms with E-state index in [0.717, 1.165) is 37.1 Å². The Morgan fingerprint density at radius 2 is 1.85 bits per heavy atom. The van der Waals surface area contributed by atoms with Gasteiger partial charge in [-0.25, -0.2) is 4.79 Å². The summed E-state index contributed by atoms with van der Waals surface area (Å²) >= 11 is 0. The summed E-state index contributed by atoms with van der Waals surface area (Å²) in [6.45, 7) is 0. The molecule has 1 aromatic carbocycles. The quantitative estimate of drug-likeness (QED) is 0.793. The van der Waals surface area contributed by atoms with Crippen molar-refractivity contribution in [1.29, 1.82) is 0 Å². The third-order valence-electron chi connectivity index (χ3n) is 3.67. The molecule has 1 aliphatic rings. The number of nitrogens with zero attached hydrogens (tertiary/aromatic N) is 1. The van der Waals surface area contributed by atoms with Crippen LogP contribution in [0.5, 0.6) is 0 Å². The molecule has 0 aromatic heterocycles. The number of aliphatic hydroxyl groups excluding tert-OH is 1. The fourth-order valence-electron chi connectivity index (χ4n) is 2.53. The minimum Gasteiger partial charge on any atom is -0.393 e. The highest BCUT2D eigenvalue weighted by Crippen LogP contribution is 2.23. The minimum atomic E-state index is -0.203. The molecule has 0 saturated heterocycles. The molecule has 2 rings (SSSR count). The maximum Gasteiger partial charge on any atom is 0.319 e. The van der Waals surface area contributed by atoms with Gasteiger partial charge >= 0.3 is 6.03 Å². The van der Waals surface area contributed by atoms with Crippen LogP contribution in [0.25, 0.3) is 0 Å². The van der Waals surface area contributed by atoms with Gasteiger partial charge in [-0.15, -0.1) is 0 Å². The first-order chi connectivity index (χ1) is 9.56. The summed E-state index contributed by atoms with van der Waals surface area (Å²) in [5.74, 6) is 0. The van der Waals surface area contributed by atoms with Gasteiger partial charge in [0.05, 0.1) is 17.5 Å². The number of nitrogens with one attached hydrogen (secondary N) is 2. The van der Waals surface area contributed by atoms with Crippen molar-refractivity contribution in [1.82, 2.24) is 5.32 Å². The zero-order chi connectivity index (χ0) is 14.5. The lowest BCUT2D eigenvalue weighted by atomic mass is 9.93. The summed E-state index contributed by atoms with van der Waals surface area (Å²) in [4.78, 5) is 14.0. The fraction of sp³-hybridized carbons (Fsp3) is 0.533. The van der Waals surface area contributed by atoms with E-state index in [1.54, 1.807) is 0 Å². The molecule has 0 heterocycles. The topological polar surface area (TPSA) is 64.6 Å². The third kappa shape index (κ3) is 3.87. The van der Waals surface area contributed by atoms with Gasteiger partial charge in [0, 0.05) is 20.1 Å². The molecule has 0 spiro atoms. The van der Waals surface area contributed by atoms with Crippen molar-refractivity contribution in [2.24, 2.45) is 0 Å². The van der Waals surface area contributed by atoms with Gasteiger partial charge in [-0.1, -0.05) is 12.1 Å². The molecule has 0 unspecified atom stereocenters. The maximum absolute atomic E-state index is 12.0. The molecule has 0 aliphatic heterocycles. The summed E-state index contributed by atoms with van der Waals surface area (Å²) in [7, 11) is 3.89. The Hall–Kier alpha value is -1.75. The highest BCUT2D eigenvalue weighted by Gasteiger charge is 2.21. The molecular formula is C15H23N3O2. The number of hydrogen-bond donors (Lipinski definition) is 3. The first kappa shape index (κ1) is 14.7. The Balaban J connectivity index is 1.91. The maximum atomic E-state index is 12.0. The monoisotopic (exact) mass is 277 g/mol. The lowest BCUT2D eigenvalue weighted by molar-refractivity contribution is 0.118. The second kappa shape index (κ2) is 6.61. The lowest BCUT2D eigenvalue weighted by Gasteiger charge is -2.26. The average Bonchev–Trinajstić information content (AvgIpc) is 2.41. The fourth-order valence-corrected chi connectivity index (χ4v) is 2.53. The van der Waals surface area contributed by atoms with Crippen LogP contribution in [-0.2, 0) is 0 Å². The van der Waals surface area contributed by atoms with Crippen LogP contribution in [0.2, 0.25) is 0 Å². The summed E-state index contributed by atoms with van der Waals surface area (Å²) in [5, 5.41) is 15.3.